The summed E-state index contributed by atoms with van der Waals surface area (Å²) in [5.74, 6) is -2.43. The zero-order valence-corrected chi connectivity index (χ0v) is 22.4. The Hall–Kier alpha value is -2.53. The van der Waals surface area contributed by atoms with E-state index in [-0.39, 0.29) is 36.2 Å². The number of carbonyl (C=O) groups is 4. The second-order valence-corrected chi connectivity index (χ2v) is 10.4. The minimum Gasteiger partial charge on any atom is -0.548 e. The molecule has 11 heteroatoms. The Balaban J connectivity index is 0.00000342. The third-order valence-electron chi connectivity index (χ3n) is 5.83. The molecule has 0 aromatic heterocycles. The van der Waals surface area contributed by atoms with Gasteiger partial charge in [-0.25, -0.2) is 4.79 Å². The van der Waals surface area contributed by atoms with Crippen molar-refractivity contribution in [2.24, 2.45) is 0 Å². The third-order valence-corrected chi connectivity index (χ3v) is 7.40. The van der Waals surface area contributed by atoms with Gasteiger partial charge in [0.05, 0.1) is 12.0 Å². The number of hydrogen-bond acceptors (Lipinski definition) is 7. The topological polar surface area (TPSA) is 128 Å². The molecule has 2 saturated heterocycles. The summed E-state index contributed by atoms with van der Waals surface area (Å²) in [4.78, 5) is 51.2. The maximum Gasteiger partial charge on any atom is 1.00 e. The standard InChI is InChI=1S/C24H25N3O6S.Na/c1-24(2)18(22(30)31)27-20(29)17(21(27)34-24)25-19(28)16(15-11-7-4-8-12-15)26-23(32)33-13-14-9-5-3-6-10-14;/h3-12,16-18,21H,13H2,1-2H3,(H,25,28)(H,26,32)(H,30,31);/q;+1/p-1/t16-,17-,18+,21-;/m1./s1. The summed E-state index contributed by atoms with van der Waals surface area (Å²) in [6, 6.07) is 14.6. The van der Waals surface area contributed by atoms with E-state index < -0.39 is 52.1 Å². The fourth-order valence-corrected chi connectivity index (χ4v) is 5.81. The first-order valence-corrected chi connectivity index (χ1v) is 11.6. The fraction of sp³-hybridized carbons (Fsp3) is 0.333. The molecule has 3 amide bonds. The van der Waals surface area contributed by atoms with Crippen molar-refractivity contribution in [2.45, 2.75) is 48.7 Å². The molecule has 0 unspecified atom stereocenters. The molecule has 0 bridgehead atoms. The van der Waals surface area contributed by atoms with Crippen molar-refractivity contribution in [2.75, 3.05) is 0 Å². The monoisotopic (exact) mass is 505 g/mol. The van der Waals surface area contributed by atoms with Crippen molar-refractivity contribution in [1.82, 2.24) is 15.5 Å². The number of aliphatic carboxylic acids is 1. The zero-order valence-electron chi connectivity index (χ0n) is 19.6. The predicted molar refractivity (Wildman–Crippen MR) is 122 cm³/mol. The Morgan fingerprint density at radius 2 is 1.69 bits per heavy atom. The Morgan fingerprint density at radius 1 is 1.09 bits per heavy atom. The van der Waals surface area contributed by atoms with Gasteiger partial charge >= 0.3 is 35.7 Å². The van der Waals surface area contributed by atoms with Crippen LogP contribution in [0, 0.1) is 0 Å². The summed E-state index contributed by atoms with van der Waals surface area (Å²) in [6.45, 7) is 3.48. The SMILES string of the molecule is CC1(C)S[C@@H]2[C@H](NC(=O)[C@H](NC(=O)OCc3ccccc3)c3ccccc3)C(=O)N2[C@H]1C(=O)[O-].[Na+]. The van der Waals surface area contributed by atoms with E-state index in [1.807, 2.05) is 30.3 Å². The van der Waals surface area contributed by atoms with Crippen LogP contribution in [0.25, 0.3) is 0 Å². The summed E-state index contributed by atoms with van der Waals surface area (Å²) in [6.07, 6.45) is -0.789. The van der Waals surface area contributed by atoms with Crippen molar-refractivity contribution < 1.29 is 58.6 Å². The van der Waals surface area contributed by atoms with E-state index >= 15 is 0 Å². The zero-order chi connectivity index (χ0) is 24.5. The Labute approximate surface area is 229 Å². The average Bonchev–Trinajstić information content (AvgIpc) is 3.08. The number of hydrogen-bond donors (Lipinski definition) is 2. The van der Waals surface area contributed by atoms with E-state index in [2.05, 4.69) is 10.6 Å². The quantitative estimate of drug-likeness (QED) is 0.328. The number of amides is 3. The van der Waals surface area contributed by atoms with E-state index in [1.165, 1.54) is 16.7 Å². The van der Waals surface area contributed by atoms with Gasteiger partial charge in [0.25, 0.3) is 0 Å². The van der Waals surface area contributed by atoms with Crippen LogP contribution >= 0.6 is 11.8 Å². The van der Waals surface area contributed by atoms with Gasteiger partial charge in [-0.1, -0.05) is 60.7 Å². The number of nitrogens with one attached hydrogen (secondary N) is 2. The number of rotatable bonds is 7. The number of carboxylic acid groups (broad SMARTS) is 1. The molecule has 4 atom stereocenters. The van der Waals surface area contributed by atoms with Crippen LogP contribution in [0.15, 0.2) is 60.7 Å². The number of thioether (sulfide) groups is 1. The van der Waals surface area contributed by atoms with Gasteiger partial charge in [0.1, 0.15) is 24.1 Å². The molecule has 0 aliphatic carbocycles. The number of carboxylic acids is 1. The Kier molecular flexibility index (Phi) is 8.53. The maximum atomic E-state index is 13.2. The van der Waals surface area contributed by atoms with Crippen LogP contribution in [0.4, 0.5) is 4.79 Å². The van der Waals surface area contributed by atoms with Gasteiger partial charge in [0.2, 0.25) is 11.8 Å². The number of β-lactam (4-membered cyclic amide) rings is 1. The molecule has 2 heterocycles. The molecule has 35 heavy (non-hydrogen) atoms. The van der Waals surface area contributed by atoms with Gasteiger partial charge in [-0.2, -0.15) is 0 Å². The average molecular weight is 506 g/mol. The van der Waals surface area contributed by atoms with Crippen LogP contribution in [0.1, 0.15) is 31.0 Å². The largest absolute Gasteiger partial charge is 1.00 e. The molecule has 2 aromatic carbocycles. The van der Waals surface area contributed by atoms with Crippen molar-refractivity contribution in [1.29, 1.82) is 0 Å². The molecule has 4 rings (SSSR count). The van der Waals surface area contributed by atoms with E-state index in [4.69, 9.17) is 4.74 Å². The number of benzene rings is 2. The van der Waals surface area contributed by atoms with Crippen molar-refractivity contribution in [3.63, 3.8) is 0 Å². The van der Waals surface area contributed by atoms with Crippen molar-refractivity contribution in [3.05, 3.63) is 71.8 Å². The van der Waals surface area contributed by atoms with E-state index in [1.54, 1.807) is 44.2 Å². The molecule has 0 saturated carbocycles. The predicted octanol–water partition coefficient (Wildman–Crippen LogP) is -2.04. The summed E-state index contributed by atoms with van der Waals surface area (Å²) < 4.78 is 4.49. The van der Waals surface area contributed by atoms with Crippen LogP contribution in [0.3, 0.4) is 0 Å². The first kappa shape index (κ1) is 27.1. The Bertz CT molecular complexity index is 1100. The molecule has 0 radical (unpaired) electrons. The molecule has 2 aromatic rings. The maximum absolute atomic E-state index is 13.2. The van der Waals surface area contributed by atoms with Gasteiger partial charge in [-0.05, 0) is 25.0 Å². The van der Waals surface area contributed by atoms with Crippen LogP contribution in [-0.4, -0.2) is 51.0 Å². The van der Waals surface area contributed by atoms with Crippen LogP contribution < -0.4 is 45.3 Å². The summed E-state index contributed by atoms with van der Waals surface area (Å²) in [5.41, 5.74) is 1.30. The molecule has 2 fully saturated rings. The molecular formula is C24H24N3NaO6S. The minimum atomic E-state index is -1.33. The summed E-state index contributed by atoms with van der Waals surface area (Å²) in [5, 5.41) is 16.3. The second-order valence-electron chi connectivity index (χ2n) is 8.61. The van der Waals surface area contributed by atoms with Crippen molar-refractivity contribution in [3.8, 4) is 0 Å². The summed E-state index contributed by atoms with van der Waals surface area (Å²) >= 11 is 1.29. The normalized spacial score (nSPS) is 22.6. The van der Waals surface area contributed by atoms with Gasteiger partial charge in [0.15, 0.2) is 0 Å². The van der Waals surface area contributed by atoms with Crippen molar-refractivity contribution >= 4 is 35.6 Å². The fourth-order valence-electron chi connectivity index (χ4n) is 4.19. The van der Waals surface area contributed by atoms with E-state index in [0.717, 1.165) is 5.56 Å². The molecule has 9 nitrogen and oxygen atoms in total. The smallest absolute Gasteiger partial charge is 0.548 e. The van der Waals surface area contributed by atoms with E-state index in [9.17, 15) is 24.3 Å². The third kappa shape index (κ3) is 5.66. The number of carbonyl (C=O) groups excluding carboxylic acids is 4. The van der Waals surface area contributed by atoms with E-state index in [0.29, 0.717) is 5.56 Å². The minimum absolute atomic E-state index is 0. The van der Waals surface area contributed by atoms with Gasteiger partial charge in [0, 0.05) is 4.75 Å². The van der Waals surface area contributed by atoms with Crippen LogP contribution in [-0.2, 0) is 25.7 Å². The van der Waals surface area contributed by atoms with Crippen LogP contribution in [0.5, 0.6) is 0 Å². The number of fused-ring (bicyclic) bond motifs is 1. The van der Waals surface area contributed by atoms with Gasteiger partial charge < -0.3 is 30.2 Å². The summed E-state index contributed by atoms with van der Waals surface area (Å²) in [7, 11) is 0. The van der Waals surface area contributed by atoms with Gasteiger partial charge in [-0.3, -0.25) is 9.59 Å². The van der Waals surface area contributed by atoms with Crippen LogP contribution in [0.2, 0.25) is 0 Å². The van der Waals surface area contributed by atoms with Gasteiger partial charge in [-0.15, -0.1) is 11.8 Å². The molecule has 2 N–H and O–H groups in total. The first-order chi connectivity index (χ1) is 16.2. The number of alkyl carbamates (subject to hydrolysis) is 1. The Morgan fingerprint density at radius 3 is 2.29 bits per heavy atom. The molecular weight excluding hydrogens is 481 g/mol. The second kappa shape index (κ2) is 11.0. The molecule has 0 spiro atoms. The number of nitrogens with zero attached hydrogens (tertiary/aromatic N) is 1. The molecule has 2 aliphatic rings. The first-order valence-electron chi connectivity index (χ1n) is 10.7. The molecule has 2 aliphatic heterocycles. The number of ether oxygens (including phenoxy) is 1. The molecule has 178 valence electrons.